The molecule has 2 heterocycles. The number of anilines is 1. The van der Waals surface area contributed by atoms with Crippen molar-refractivity contribution in [3.05, 3.63) is 111 Å². The molecule has 0 spiro atoms. The van der Waals surface area contributed by atoms with Crippen LogP contribution < -0.4 is 10.9 Å². The highest BCUT2D eigenvalue weighted by Crippen LogP contribution is 2.36. The molecular formula is C27H24N4OS. The average Bonchev–Trinajstić information content (AvgIpc) is 3.50. The molecule has 1 aliphatic heterocycles. The van der Waals surface area contributed by atoms with E-state index in [2.05, 4.69) is 101 Å². The lowest BCUT2D eigenvalue weighted by atomic mass is 9.87. The van der Waals surface area contributed by atoms with E-state index in [1.165, 1.54) is 33.4 Å². The molecule has 0 atom stereocenters. The molecule has 4 aromatic rings. The lowest BCUT2D eigenvalue weighted by Gasteiger charge is -2.17. The number of benzene rings is 3. The van der Waals surface area contributed by atoms with E-state index in [1.54, 1.807) is 0 Å². The molecule has 33 heavy (non-hydrogen) atoms. The summed E-state index contributed by atoms with van der Waals surface area (Å²) in [4.78, 5) is 3.16. The minimum atomic E-state index is 0.271. The molecule has 0 aliphatic carbocycles. The lowest BCUT2D eigenvalue weighted by molar-refractivity contribution is 0.403. The maximum absolute atomic E-state index is 4.93. The van der Waals surface area contributed by atoms with E-state index in [9.17, 15) is 0 Å². The number of hydrogen-bond acceptors (Lipinski definition) is 5. The monoisotopic (exact) mass is 452 g/mol. The topological polar surface area (TPSA) is 65.9 Å². The van der Waals surface area contributed by atoms with Crippen LogP contribution in [-0.2, 0) is 6.54 Å². The molecular weight excluding hydrogens is 428 g/mol. The average molecular weight is 453 g/mol. The summed E-state index contributed by atoms with van der Waals surface area (Å²) >= 11 is 4.93. The molecule has 5 rings (SSSR count). The highest BCUT2D eigenvalue weighted by molar-refractivity contribution is 7.71. The van der Waals surface area contributed by atoms with Gasteiger partial charge >= 0.3 is 0 Å². The number of fused-ring (bicyclic) bond motifs is 1. The number of allylic oxidation sites excluding steroid dienone is 1. The molecule has 0 amide bonds. The first-order valence-electron chi connectivity index (χ1n) is 11.0. The standard InChI is InChI=1S/C27H24N4OS/c1-2-23(19-6-4-3-5-7-19)26(21-13-14-24-22(16-21)17-28-30-24)20-11-8-18(9-12-20)10-15-25-29-27(33)32-31-25/h3-16,28,30H,2,17H2,1H3,(H,29,31,33)/b15-10+,26-23+. The second kappa shape index (κ2) is 9.40. The molecule has 3 N–H and O–H groups in total. The van der Waals surface area contributed by atoms with E-state index < -0.39 is 0 Å². The zero-order valence-corrected chi connectivity index (χ0v) is 19.1. The van der Waals surface area contributed by atoms with Gasteiger partial charge in [0, 0.05) is 6.54 Å². The van der Waals surface area contributed by atoms with Gasteiger partial charge in [-0.1, -0.05) is 78.8 Å². The van der Waals surface area contributed by atoms with Gasteiger partial charge in [0.25, 0.3) is 4.84 Å². The number of aromatic amines is 1. The van der Waals surface area contributed by atoms with Crippen molar-refractivity contribution in [2.24, 2.45) is 0 Å². The molecule has 5 nitrogen and oxygen atoms in total. The Morgan fingerprint density at radius 2 is 1.76 bits per heavy atom. The van der Waals surface area contributed by atoms with Crippen molar-refractivity contribution in [3.8, 4) is 0 Å². The summed E-state index contributed by atoms with van der Waals surface area (Å²) in [6.07, 6.45) is 4.77. The number of aromatic nitrogens is 2. The number of rotatable bonds is 6. The van der Waals surface area contributed by atoms with Crippen molar-refractivity contribution in [1.29, 1.82) is 0 Å². The summed E-state index contributed by atoms with van der Waals surface area (Å²) in [6, 6.07) is 25.9. The molecule has 164 valence electrons. The van der Waals surface area contributed by atoms with Gasteiger partial charge in [0.05, 0.1) is 5.69 Å². The first-order chi connectivity index (χ1) is 16.2. The molecule has 1 aliphatic rings. The zero-order valence-electron chi connectivity index (χ0n) is 18.3. The summed E-state index contributed by atoms with van der Waals surface area (Å²) in [5.41, 5.74) is 16.2. The maximum Gasteiger partial charge on any atom is 0.295 e. The molecule has 0 bridgehead atoms. The van der Waals surface area contributed by atoms with Crippen LogP contribution in [0.25, 0.3) is 23.3 Å². The Balaban J connectivity index is 1.58. The molecule has 1 aromatic heterocycles. The first kappa shape index (κ1) is 21.1. The highest BCUT2D eigenvalue weighted by atomic mass is 32.1. The number of nitrogens with zero attached hydrogens (tertiary/aromatic N) is 1. The second-order valence-corrected chi connectivity index (χ2v) is 8.23. The molecule has 0 radical (unpaired) electrons. The molecule has 3 aromatic carbocycles. The van der Waals surface area contributed by atoms with Gasteiger partial charge in [0.2, 0.25) is 0 Å². The van der Waals surface area contributed by atoms with Crippen LogP contribution in [0, 0.1) is 4.84 Å². The van der Waals surface area contributed by atoms with Crippen molar-refractivity contribution in [2.75, 3.05) is 5.43 Å². The maximum atomic E-state index is 4.93. The third-order valence-electron chi connectivity index (χ3n) is 5.76. The van der Waals surface area contributed by atoms with Gasteiger partial charge in [0.1, 0.15) is 0 Å². The van der Waals surface area contributed by atoms with Crippen molar-refractivity contribution < 1.29 is 4.52 Å². The fourth-order valence-electron chi connectivity index (χ4n) is 4.18. The van der Waals surface area contributed by atoms with Gasteiger partial charge in [-0.3, -0.25) is 4.98 Å². The van der Waals surface area contributed by atoms with E-state index in [0.29, 0.717) is 5.82 Å². The fourth-order valence-corrected chi connectivity index (χ4v) is 4.32. The Bertz CT molecular complexity index is 1380. The third-order valence-corrected chi connectivity index (χ3v) is 5.94. The smallest absolute Gasteiger partial charge is 0.295 e. The number of H-pyrrole nitrogens is 1. The predicted octanol–water partition coefficient (Wildman–Crippen LogP) is 6.70. The number of hydrogen-bond donors (Lipinski definition) is 3. The summed E-state index contributed by atoms with van der Waals surface area (Å²) in [7, 11) is 0. The molecule has 0 fully saturated rings. The quantitative estimate of drug-likeness (QED) is 0.224. The van der Waals surface area contributed by atoms with Crippen LogP contribution in [0.4, 0.5) is 5.69 Å². The summed E-state index contributed by atoms with van der Waals surface area (Å²) in [6.45, 7) is 3.04. The van der Waals surface area contributed by atoms with Gasteiger partial charge in [-0.15, -0.1) is 0 Å². The number of hydrazine groups is 1. The first-order valence-corrected chi connectivity index (χ1v) is 11.4. The zero-order chi connectivity index (χ0) is 22.6. The Labute approximate surface area is 197 Å². The fraction of sp³-hybridized carbons (Fsp3) is 0.111. The van der Waals surface area contributed by atoms with Crippen molar-refractivity contribution in [3.63, 3.8) is 0 Å². The molecule has 0 saturated heterocycles. The van der Waals surface area contributed by atoms with Crippen molar-refractivity contribution in [1.82, 2.24) is 15.6 Å². The Hall–Kier alpha value is -3.74. The van der Waals surface area contributed by atoms with Crippen LogP contribution in [0.5, 0.6) is 0 Å². The Morgan fingerprint density at radius 1 is 0.970 bits per heavy atom. The normalized spacial score (nSPS) is 13.6. The van der Waals surface area contributed by atoms with E-state index in [-0.39, 0.29) is 4.84 Å². The molecule has 0 saturated carbocycles. The van der Waals surface area contributed by atoms with E-state index in [4.69, 9.17) is 16.7 Å². The molecule has 6 heteroatoms. The number of nitrogens with one attached hydrogen (secondary N) is 3. The summed E-state index contributed by atoms with van der Waals surface area (Å²) < 4.78 is 4.91. The van der Waals surface area contributed by atoms with Gasteiger partial charge in [-0.05, 0) is 75.8 Å². The van der Waals surface area contributed by atoms with E-state index in [0.717, 1.165) is 24.2 Å². The van der Waals surface area contributed by atoms with Crippen LogP contribution in [-0.4, -0.2) is 10.1 Å². The van der Waals surface area contributed by atoms with Gasteiger partial charge in [-0.25, -0.2) is 5.43 Å². The third kappa shape index (κ3) is 4.58. The van der Waals surface area contributed by atoms with Crippen LogP contribution in [0.2, 0.25) is 0 Å². The SMILES string of the molecule is CC/C(=C(/c1ccc(/C=C/c2noc(=S)[nH]2)cc1)c1ccc2c(c1)CNN2)c1ccccc1. The van der Waals surface area contributed by atoms with Crippen LogP contribution in [0.3, 0.4) is 0 Å². The summed E-state index contributed by atoms with van der Waals surface area (Å²) in [5, 5.41) is 3.87. The van der Waals surface area contributed by atoms with E-state index in [1.807, 2.05) is 12.2 Å². The largest absolute Gasteiger partial charge is 0.324 e. The van der Waals surface area contributed by atoms with Gasteiger partial charge in [0.15, 0.2) is 5.82 Å². The van der Waals surface area contributed by atoms with E-state index >= 15 is 0 Å². The van der Waals surface area contributed by atoms with Crippen molar-refractivity contribution >= 4 is 41.2 Å². The minimum absolute atomic E-state index is 0.271. The van der Waals surface area contributed by atoms with Gasteiger partial charge < -0.3 is 9.95 Å². The van der Waals surface area contributed by atoms with Crippen LogP contribution in [0.15, 0.2) is 77.3 Å². The van der Waals surface area contributed by atoms with Crippen molar-refractivity contribution in [2.45, 2.75) is 19.9 Å². The van der Waals surface area contributed by atoms with Crippen LogP contribution in [0.1, 0.15) is 47.0 Å². The predicted molar refractivity (Wildman–Crippen MR) is 137 cm³/mol. The lowest BCUT2D eigenvalue weighted by Crippen LogP contribution is -2.10. The second-order valence-electron chi connectivity index (χ2n) is 7.86. The Kier molecular flexibility index (Phi) is 6.02. The highest BCUT2D eigenvalue weighted by Gasteiger charge is 2.16. The molecule has 0 unspecified atom stereocenters. The summed E-state index contributed by atoms with van der Waals surface area (Å²) in [5.74, 6) is 0.599. The van der Waals surface area contributed by atoms with Gasteiger partial charge in [-0.2, -0.15) is 0 Å². The van der Waals surface area contributed by atoms with Crippen LogP contribution >= 0.6 is 12.2 Å². The Morgan fingerprint density at radius 3 is 2.48 bits per heavy atom. The minimum Gasteiger partial charge on any atom is -0.324 e.